The van der Waals surface area contributed by atoms with Crippen molar-refractivity contribution < 1.29 is 10.0 Å². The van der Waals surface area contributed by atoms with Gasteiger partial charge in [0.1, 0.15) is 6.17 Å². The molecule has 0 saturated carbocycles. The molecule has 0 aromatic heterocycles. The van der Waals surface area contributed by atoms with E-state index in [4.69, 9.17) is 5.21 Å². The van der Waals surface area contributed by atoms with Gasteiger partial charge in [-0.05, 0) is 44.2 Å². The van der Waals surface area contributed by atoms with E-state index in [0.29, 0.717) is 5.56 Å². The Kier molecular flexibility index (Phi) is 5.50. The zero-order chi connectivity index (χ0) is 16.9. The first kappa shape index (κ1) is 17.1. The number of amides is 1. The van der Waals surface area contributed by atoms with Crippen molar-refractivity contribution in [2.45, 2.75) is 25.6 Å². The molecule has 5 heteroatoms. The van der Waals surface area contributed by atoms with Crippen molar-refractivity contribution in [1.29, 1.82) is 0 Å². The molecule has 122 valence electrons. The van der Waals surface area contributed by atoms with Gasteiger partial charge in [0.25, 0.3) is 5.91 Å². The minimum atomic E-state index is -0.668. The molecule has 0 aliphatic carbocycles. The molecule has 0 bridgehead atoms. The van der Waals surface area contributed by atoms with Crippen LogP contribution in [-0.2, 0) is 0 Å². The molecule has 5 nitrogen and oxygen atoms in total. The summed E-state index contributed by atoms with van der Waals surface area (Å²) >= 11 is 0. The molecular weight excluding hydrogens is 290 g/mol. The van der Waals surface area contributed by atoms with E-state index >= 15 is 0 Å². The third kappa shape index (κ3) is 4.16. The van der Waals surface area contributed by atoms with Gasteiger partial charge in [-0.2, -0.15) is 5.48 Å². The smallest absolute Gasteiger partial charge is 0.251 e. The highest BCUT2D eigenvalue weighted by atomic mass is 16.5. The zero-order valence-electron chi connectivity index (χ0n) is 13.6. The second-order valence-corrected chi connectivity index (χ2v) is 5.97. The SMILES string of the molecule is CNC(NO)C(C)(C)NC(=O)c1ccc(-c2ccccc2)cc1. The van der Waals surface area contributed by atoms with Crippen LogP contribution in [0.2, 0.25) is 0 Å². The standard InChI is InChI=1S/C18H23N3O2/c1-18(2,17(19-3)21-23)20-16(22)15-11-9-14(10-12-15)13-7-5-4-6-8-13/h4-12,17,19,21,23H,1-3H3,(H,20,22). The second-order valence-electron chi connectivity index (χ2n) is 5.97. The number of carbonyl (C=O) groups is 1. The number of carbonyl (C=O) groups excluding carboxylic acids is 1. The maximum atomic E-state index is 12.4. The molecule has 0 aliphatic rings. The Labute approximate surface area is 136 Å². The molecule has 1 amide bonds. The summed E-state index contributed by atoms with van der Waals surface area (Å²) in [6.07, 6.45) is -0.463. The third-order valence-electron chi connectivity index (χ3n) is 3.83. The van der Waals surface area contributed by atoms with Crippen molar-refractivity contribution in [2.75, 3.05) is 7.05 Å². The van der Waals surface area contributed by atoms with Crippen LogP contribution in [-0.4, -0.2) is 29.9 Å². The molecule has 0 heterocycles. The Hall–Kier alpha value is -2.21. The Morgan fingerprint density at radius 3 is 2.09 bits per heavy atom. The highest BCUT2D eigenvalue weighted by Crippen LogP contribution is 2.19. The van der Waals surface area contributed by atoms with E-state index in [1.807, 2.05) is 56.3 Å². The first-order chi connectivity index (χ1) is 11.0. The lowest BCUT2D eigenvalue weighted by Gasteiger charge is -2.33. The summed E-state index contributed by atoms with van der Waals surface area (Å²) in [4.78, 5) is 12.4. The van der Waals surface area contributed by atoms with Crippen molar-refractivity contribution in [3.05, 3.63) is 60.2 Å². The van der Waals surface area contributed by atoms with Gasteiger partial charge in [0, 0.05) is 5.56 Å². The van der Waals surface area contributed by atoms with E-state index in [2.05, 4.69) is 16.1 Å². The minimum Gasteiger partial charge on any atom is -0.344 e. The average molecular weight is 313 g/mol. The molecule has 2 rings (SSSR count). The van der Waals surface area contributed by atoms with Gasteiger partial charge in [-0.25, -0.2) is 0 Å². The van der Waals surface area contributed by atoms with Gasteiger partial charge in [0.2, 0.25) is 0 Å². The predicted octanol–water partition coefficient (Wildman–Crippen LogP) is 2.39. The van der Waals surface area contributed by atoms with Crippen molar-refractivity contribution in [3.63, 3.8) is 0 Å². The summed E-state index contributed by atoms with van der Waals surface area (Å²) in [6.45, 7) is 3.65. The highest BCUT2D eigenvalue weighted by molar-refractivity contribution is 5.95. The molecule has 0 spiro atoms. The summed E-state index contributed by atoms with van der Waals surface area (Å²) in [5.41, 5.74) is 4.23. The van der Waals surface area contributed by atoms with Crippen LogP contribution in [0.5, 0.6) is 0 Å². The lowest BCUT2D eigenvalue weighted by atomic mass is 9.99. The van der Waals surface area contributed by atoms with E-state index in [-0.39, 0.29) is 5.91 Å². The average Bonchev–Trinajstić information content (AvgIpc) is 2.56. The summed E-state index contributed by atoms with van der Waals surface area (Å²) in [5.74, 6) is -0.190. The van der Waals surface area contributed by atoms with Crippen molar-refractivity contribution in [1.82, 2.24) is 16.1 Å². The molecular formula is C18H23N3O2. The fourth-order valence-electron chi connectivity index (χ4n) is 2.47. The van der Waals surface area contributed by atoms with E-state index in [0.717, 1.165) is 11.1 Å². The fourth-order valence-corrected chi connectivity index (χ4v) is 2.47. The van der Waals surface area contributed by atoms with Gasteiger partial charge in [-0.1, -0.05) is 42.5 Å². The van der Waals surface area contributed by atoms with E-state index in [1.165, 1.54) is 0 Å². The van der Waals surface area contributed by atoms with Gasteiger partial charge >= 0.3 is 0 Å². The van der Waals surface area contributed by atoms with Gasteiger partial charge in [0.05, 0.1) is 5.54 Å². The molecule has 1 atom stereocenters. The molecule has 2 aromatic rings. The predicted molar refractivity (Wildman–Crippen MR) is 91.2 cm³/mol. The first-order valence-electron chi connectivity index (χ1n) is 7.53. The number of benzene rings is 2. The number of hydroxylamine groups is 1. The topological polar surface area (TPSA) is 73.4 Å². The molecule has 23 heavy (non-hydrogen) atoms. The van der Waals surface area contributed by atoms with Crippen LogP contribution < -0.4 is 16.1 Å². The van der Waals surface area contributed by atoms with Gasteiger partial charge in [0.15, 0.2) is 0 Å². The summed E-state index contributed by atoms with van der Waals surface area (Å²) in [5, 5.41) is 15.0. The number of nitrogens with one attached hydrogen (secondary N) is 3. The molecule has 0 saturated heterocycles. The van der Waals surface area contributed by atoms with Crippen LogP contribution in [0.4, 0.5) is 0 Å². The van der Waals surface area contributed by atoms with Crippen LogP contribution in [0.1, 0.15) is 24.2 Å². The largest absolute Gasteiger partial charge is 0.344 e. The third-order valence-corrected chi connectivity index (χ3v) is 3.83. The maximum absolute atomic E-state index is 12.4. The Morgan fingerprint density at radius 2 is 1.57 bits per heavy atom. The van der Waals surface area contributed by atoms with Gasteiger partial charge < -0.3 is 15.8 Å². The van der Waals surface area contributed by atoms with Crippen molar-refractivity contribution in [3.8, 4) is 11.1 Å². The molecule has 0 aliphatic heterocycles. The minimum absolute atomic E-state index is 0.190. The van der Waals surface area contributed by atoms with Gasteiger partial charge in [-0.3, -0.25) is 4.79 Å². The number of rotatable bonds is 6. The molecule has 4 N–H and O–H groups in total. The number of likely N-dealkylation sites (N-methyl/N-ethyl adjacent to an activating group) is 1. The summed E-state index contributed by atoms with van der Waals surface area (Å²) in [6, 6.07) is 17.5. The monoisotopic (exact) mass is 313 g/mol. The second kappa shape index (κ2) is 7.37. The molecule has 2 aromatic carbocycles. The number of hydrogen-bond acceptors (Lipinski definition) is 4. The van der Waals surface area contributed by atoms with Crippen molar-refractivity contribution >= 4 is 5.91 Å². The first-order valence-corrected chi connectivity index (χ1v) is 7.53. The van der Waals surface area contributed by atoms with Gasteiger partial charge in [-0.15, -0.1) is 0 Å². The lowest BCUT2D eigenvalue weighted by Crippen LogP contribution is -2.62. The van der Waals surface area contributed by atoms with E-state index < -0.39 is 11.7 Å². The quantitative estimate of drug-likeness (QED) is 0.488. The molecule has 1 unspecified atom stereocenters. The van der Waals surface area contributed by atoms with Crippen LogP contribution >= 0.6 is 0 Å². The fraction of sp³-hybridized carbons (Fsp3) is 0.278. The normalized spacial score (nSPS) is 12.7. The summed E-state index contributed by atoms with van der Waals surface area (Å²) < 4.78 is 0. The highest BCUT2D eigenvalue weighted by Gasteiger charge is 2.30. The molecule has 0 radical (unpaired) electrons. The van der Waals surface area contributed by atoms with E-state index in [1.54, 1.807) is 19.2 Å². The van der Waals surface area contributed by atoms with Crippen LogP contribution in [0.25, 0.3) is 11.1 Å². The van der Waals surface area contributed by atoms with Crippen LogP contribution in [0.3, 0.4) is 0 Å². The number of hydrogen-bond donors (Lipinski definition) is 4. The van der Waals surface area contributed by atoms with Crippen LogP contribution in [0, 0.1) is 0 Å². The molecule has 0 fully saturated rings. The van der Waals surface area contributed by atoms with Crippen molar-refractivity contribution in [2.24, 2.45) is 0 Å². The van der Waals surface area contributed by atoms with E-state index in [9.17, 15) is 4.79 Å². The lowest BCUT2D eigenvalue weighted by molar-refractivity contribution is 0.0606. The van der Waals surface area contributed by atoms with Crippen LogP contribution in [0.15, 0.2) is 54.6 Å². The maximum Gasteiger partial charge on any atom is 0.251 e. The summed E-state index contributed by atoms with van der Waals surface area (Å²) in [7, 11) is 1.70. The Balaban J connectivity index is 2.12. The zero-order valence-corrected chi connectivity index (χ0v) is 13.6. The Morgan fingerprint density at radius 1 is 1.00 bits per heavy atom. The Bertz CT molecular complexity index is 635.